The highest BCUT2D eigenvalue weighted by molar-refractivity contribution is 9.10. The number of aryl methyl sites for hydroxylation is 1. The number of carbonyl (C=O) groups is 1. The Morgan fingerprint density at radius 3 is 2.94 bits per heavy atom. The van der Waals surface area contributed by atoms with Crippen LogP contribution in [-0.4, -0.2) is 18.5 Å². The molecule has 0 aromatic heterocycles. The van der Waals surface area contributed by atoms with E-state index in [1.165, 1.54) is 11.1 Å². The minimum Gasteiger partial charge on any atom is -0.351 e. The molecule has 0 spiro atoms. The molecule has 0 bridgehead atoms. The van der Waals surface area contributed by atoms with E-state index < -0.39 is 0 Å². The molecule has 1 saturated heterocycles. The maximum Gasteiger partial charge on any atom is 0.237 e. The fourth-order valence-electron chi connectivity index (χ4n) is 2.07. The third-order valence-electron chi connectivity index (χ3n) is 3.13. The average molecular weight is 334 g/mol. The van der Waals surface area contributed by atoms with Crippen LogP contribution in [-0.2, 0) is 11.3 Å². The van der Waals surface area contributed by atoms with Gasteiger partial charge in [0.05, 0.1) is 6.04 Å². The van der Waals surface area contributed by atoms with Crippen LogP contribution in [0.5, 0.6) is 0 Å². The summed E-state index contributed by atoms with van der Waals surface area (Å²) in [5.41, 5.74) is 2.36. The van der Waals surface area contributed by atoms with Gasteiger partial charge < -0.3 is 10.6 Å². The van der Waals surface area contributed by atoms with E-state index in [1.54, 1.807) is 0 Å². The molecular formula is C13H18BrClN2O. The molecule has 1 heterocycles. The molecule has 1 aromatic rings. The minimum atomic E-state index is 0. The SMILES string of the molecule is Cc1cc(Br)ccc1CNC(=O)C1CCCN1.Cl. The Kier molecular flexibility index (Phi) is 6.12. The lowest BCUT2D eigenvalue weighted by molar-refractivity contribution is -0.122. The van der Waals surface area contributed by atoms with E-state index in [0.717, 1.165) is 23.9 Å². The first-order valence-electron chi connectivity index (χ1n) is 5.93. The summed E-state index contributed by atoms with van der Waals surface area (Å²) >= 11 is 3.43. The maximum absolute atomic E-state index is 11.8. The van der Waals surface area contributed by atoms with Gasteiger partial charge in [-0.3, -0.25) is 4.79 Å². The van der Waals surface area contributed by atoms with Crippen molar-refractivity contribution in [2.45, 2.75) is 32.4 Å². The molecule has 100 valence electrons. The quantitative estimate of drug-likeness (QED) is 0.892. The highest BCUT2D eigenvalue weighted by Gasteiger charge is 2.21. The number of carbonyl (C=O) groups excluding carboxylic acids is 1. The molecule has 1 amide bonds. The molecule has 0 aliphatic carbocycles. The molecule has 1 fully saturated rings. The predicted molar refractivity (Wildman–Crippen MR) is 79.0 cm³/mol. The molecule has 2 N–H and O–H groups in total. The highest BCUT2D eigenvalue weighted by Crippen LogP contribution is 2.15. The summed E-state index contributed by atoms with van der Waals surface area (Å²) in [6, 6.07) is 6.12. The lowest BCUT2D eigenvalue weighted by Gasteiger charge is -2.12. The second-order valence-corrected chi connectivity index (χ2v) is 5.35. The lowest BCUT2D eigenvalue weighted by Crippen LogP contribution is -2.40. The number of nitrogens with one attached hydrogen (secondary N) is 2. The van der Waals surface area contributed by atoms with Crippen molar-refractivity contribution >= 4 is 34.2 Å². The summed E-state index contributed by atoms with van der Waals surface area (Å²) in [6.07, 6.45) is 2.04. The molecule has 2 rings (SSSR count). The van der Waals surface area contributed by atoms with Crippen LogP contribution < -0.4 is 10.6 Å². The van der Waals surface area contributed by atoms with Crippen LogP contribution in [0.4, 0.5) is 0 Å². The zero-order chi connectivity index (χ0) is 12.3. The first-order chi connectivity index (χ1) is 8.16. The second-order valence-electron chi connectivity index (χ2n) is 4.44. The van der Waals surface area contributed by atoms with Crippen LogP contribution in [0.15, 0.2) is 22.7 Å². The summed E-state index contributed by atoms with van der Waals surface area (Å²) in [5, 5.41) is 6.18. The molecule has 0 saturated carbocycles. The Bertz CT molecular complexity index is 419. The average Bonchev–Trinajstić information content (AvgIpc) is 2.81. The number of benzene rings is 1. The Labute approximate surface area is 122 Å². The van der Waals surface area contributed by atoms with E-state index >= 15 is 0 Å². The van der Waals surface area contributed by atoms with Gasteiger partial charge in [-0.05, 0) is 49.6 Å². The highest BCUT2D eigenvalue weighted by atomic mass is 79.9. The Balaban J connectivity index is 0.00000162. The standard InChI is InChI=1S/C13H17BrN2O.ClH/c1-9-7-11(14)5-4-10(9)8-16-13(17)12-3-2-6-15-12;/h4-5,7,12,15H,2-3,6,8H2,1H3,(H,16,17);1H. The number of hydrogen-bond donors (Lipinski definition) is 2. The normalized spacial score (nSPS) is 18.2. The summed E-state index contributed by atoms with van der Waals surface area (Å²) in [5.74, 6) is 0.116. The monoisotopic (exact) mass is 332 g/mol. The topological polar surface area (TPSA) is 41.1 Å². The van der Waals surface area contributed by atoms with Crippen LogP contribution >= 0.6 is 28.3 Å². The van der Waals surface area contributed by atoms with Gasteiger partial charge in [0.25, 0.3) is 0 Å². The van der Waals surface area contributed by atoms with E-state index in [1.807, 2.05) is 12.1 Å². The summed E-state index contributed by atoms with van der Waals surface area (Å²) in [4.78, 5) is 11.8. The summed E-state index contributed by atoms with van der Waals surface area (Å²) < 4.78 is 1.07. The summed E-state index contributed by atoms with van der Waals surface area (Å²) in [7, 11) is 0. The molecule has 5 heteroatoms. The van der Waals surface area contributed by atoms with Gasteiger partial charge in [-0.1, -0.05) is 22.0 Å². The van der Waals surface area contributed by atoms with E-state index in [9.17, 15) is 4.79 Å². The van der Waals surface area contributed by atoms with Crippen molar-refractivity contribution in [1.29, 1.82) is 0 Å². The van der Waals surface area contributed by atoms with Crippen molar-refractivity contribution in [2.75, 3.05) is 6.54 Å². The van der Waals surface area contributed by atoms with Gasteiger partial charge in [0.15, 0.2) is 0 Å². The first-order valence-corrected chi connectivity index (χ1v) is 6.72. The first kappa shape index (κ1) is 15.5. The third-order valence-corrected chi connectivity index (χ3v) is 3.63. The van der Waals surface area contributed by atoms with E-state index in [0.29, 0.717) is 6.54 Å². The Hall–Kier alpha value is -0.580. The van der Waals surface area contributed by atoms with Crippen molar-refractivity contribution in [3.8, 4) is 0 Å². The van der Waals surface area contributed by atoms with Crippen molar-refractivity contribution in [3.05, 3.63) is 33.8 Å². The van der Waals surface area contributed by atoms with Crippen molar-refractivity contribution in [1.82, 2.24) is 10.6 Å². The van der Waals surface area contributed by atoms with Gasteiger partial charge in [0.1, 0.15) is 0 Å². The molecule has 0 radical (unpaired) electrons. The number of hydrogen-bond acceptors (Lipinski definition) is 2. The van der Waals surface area contributed by atoms with E-state index in [4.69, 9.17) is 0 Å². The predicted octanol–water partition coefficient (Wildman–Crippen LogP) is 2.55. The van der Waals surface area contributed by atoms with E-state index in [2.05, 4.69) is 39.6 Å². The molecule has 1 aliphatic heterocycles. The number of amides is 1. The van der Waals surface area contributed by atoms with Crippen molar-refractivity contribution in [2.24, 2.45) is 0 Å². The summed E-state index contributed by atoms with van der Waals surface area (Å²) in [6.45, 7) is 3.62. The number of rotatable bonds is 3. The Morgan fingerprint density at radius 1 is 1.56 bits per heavy atom. The van der Waals surface area contributed by atoms with Gasteiger partial charge in [-0.2, -0.15) is 0 Å². The fourth-order valence-corrected chi connectivity index (χ4v) is 2.55. The van der Waals surface area contributed by atoms with Crippen LogP contribution in [0.2, 0.25) is 0 Å². The van der Waals surface area contributed by atoms with Crippen molar-refractivity contribution in [3.63, 3.8) is 0 Å². The third kappa shape index (κ3) is 3.97. The lowest BCUT2D eigenvalue weighted by atomic mass is 10.1. The molecule has 1 unspecified atom stereocenters. The Morgan fingerprint density at radius 2 is 2.33 bits per heavy atom. The number of halogens is 2. The zero-order valence-electron chi connectivity index (χ0n) is 10.3. The maximum atomic E-state index is 11.8. The second kappa shape index (κ2) is 7.12. The fraction of sp³-hybridized carbons (Fsp3) is 0.462. The largest absolute Gasteiger partial charge is 0.351 e. The molecule has 3 nitrogen and oxygen atoms in total. The zero-order valence-corrected chi connectivity index (χ0v) is 12.7. The molecular weight excluding hydrogens is 316 g/mol. The van der Waals surface area contributed by atoms with Crippen LogP contribution in [0.3, 0.4) is 0 Å². The smallest absolute Gasteiger partial charge is 0.237 e. The van der Waals surface area contributed by atoms with Gasteiger partial charge >= 0.3 is 0 Å². The van der Waals surface area contributed by atoms with Gasteiger partial charge in [0, 0.05) is 11.0 Å². The molecule has 1 aromatic carbocycles. The minimum absolute atomic E-state index is 0. The molecule has 18 heavy (non-hydrogen) atoms. The van der Waals surface area contributed by atoms with Gasteiger partial charge in [0.2, 0.25) is 5.91 Å². The van der Waals surface area contributed by atoms with Crippen LogP contribution in [0.25, 0.3) is 0 Å². The molecule has 1 aliphatic rings. The van der Waals surface area contributed by atoms with Crippen LogP contribution in [0.1, 0.15) is 24.0 Å². The van der Waals surface area contributed by atoms with Crippen molar-refractivity contribution < 1.29 is 4.79 Å². The van der Waals surface area contributed by atoms with Gasteiger partial charge in [-0.25, -0.2) is 0 Å². The van der Waals surface area contributed by atoms with E-state index in [-0.39, 0.29) is 24.4 Å². The van der Waals surface area contributed by atoms with Crippen LogP contribution in [0, 0.1) is 6.92 Å². The van der Waals surface area contributed by atoms with Gasteiger partial charge in [-0.15, -0.1) is 12.4 Å². The molecule has 1 atom stereocenters.